The third-order valence-corrected chi connectivity index (χ3v) is 3.02. The maximum absolute atomic E-state index is 14.5. The summed E-state index contributed by atoms with van der Waals surface area (Å²) in [4.78, 5) is 23.7. The van der Waals surface area contributed by atoms with Gasteiger partial charge in [0.25, 0.3) is 5.67 Å². The smallest absolute Gasteiger partial charge is 0.352 e. The molecule has 0 bridgehead atoms. The minimum absolute atomic E-state index is 0.0978. The van der Waals surface area contributed by atoms with Crippen molar-refractivity contribution >= 4 is 11.8 Å². The van der Waals surface area contributed by atoms with E-state index in [0.29, 0.717) is 6.42 Å². The van der Waals surface area contributed by atoms with Crippen LogP contribution in [0.3, 0.4) is 0 Å². The molecule has 0 amide bonds. The van der Waals surface area contributed by atoms with Gasteiger partial charge >= 0.3 is 5.97 Å². The number of esters is 1. The molecule has 1 aliphatic carbocycles. The number of hydrogen-bond acceptors (Lipinski definition) is 3. The number of alkyl halides is 1. The summed E-state index contributed by atoms with van der Waals surface area (Å²) in [5.41, 5.74) is -1.52. The topological polar surface area (TPSA) is 43.4 Å². The Kier molecular flexibility index (Phi) is 3.28. The van der Waals surface area contributed by atoms with Crippen LogP contribution in [0.15, 0.2) is 36.9 Å². The van der Waals surface area contributed by atoms with Gasteiger partial charge in [-0.15, -0.1) is 0 Å². The van der Waals surface area contributed by atoms with Crippen LogP contribution in [-0.2, 0) is 16.0 Å². The molecule has 1 unspecified atom stereocenters. The Labute approximate surface area is 104 Å². The number of aryl methyl sites for hydroxylation is 1. The van der Waals surface area contributed by atoms with Gasteiger partial charge in [-0.2, -0.15) is 0 Å². The van der Waals surface area contributed by atoms with Crippen molar-refractivity contribution in [3.63, 3.8) is 0 Å². The molecule has 1 aromatic carbocycles. The summed E-state index contributed by atoms with van der Waals surface area (Å²) in [6.45, 7) is 3.27. The predicted octanol–water partition coefficient (Wildman–Crippen LogP) is 2.25. The van der Waals surface area contributed by atoms with Crippen LogP contribution in [-0.4, -0.2) is 24.0 Å². The molecule has 94 valence electrons. The summed E-state index contributed by atoms with van der Waals surface area (Å²) in [5, 5.41) is 0. The van der Waals surface area contributed by atoms with Crippen LogP contribution in [0.2, 0.25) is 0 Å². The maximum Gasteiger partial charge on any atom is 0.352 e. The van der Waals surface area contributed by atoms with E-state index >= 15 is 0 Å². The van der Waals surface area contributed by atoms with Crippen molar-refractivity contribution in [3.8, 4) is 0 Å². The van der Waals surface area contributed by atoms with Crippen molar-refractivity contribution in [3.05, 3.63) is 48.0 Å². The van der Waals surface area contributed by atoms with E-state index in [2.05, 4.69) is 11.3 Å². The molecule has 0 aromatic heterocycles. The van der Waals surface area contributed by atoms with E-state index in [1.54, 1.807) is 18.2 Å². The Morgan fingerprint density at radius 3 is 2.94 bits per heavy atom. The Balaban J connectivity index is 2.30. The number of halogens is 1. The van der Waals surface area contributed by atoms with Crippen molar-refractivity contribution in [1.82, 2.24) is 0 Å². The number of ether oxygens (including phenoxy) is 1. The third kappa shape index (κ3) is 1.94. The highest BCUT2D eigenvalue weighted by atomic mass is 19.1. The number of Topliss-reactive ketones (excluding diaryl/α,β-unsaturated/α-hetero) is 1. The van der Waals surface area contributed by atoms with Gasteiger partial charge in [-0.3, -0.25) is 4.79 Å². The molecular formula is C14H13FO3. The number of ketones is 1. The van der Waals surface area contributed by atoms with E-state index in [0.717, 1.165) is 5.56 Å². The van der Waals surface area contributed by atoms with Crippen LogP contribution in [0.5, 0.6) is 0 Å². The van der Waals surface area contributed by atoms with Crippen LogP contribution in [0.4, 0.5) is 4.39 Å². The Morgan fingerprint density at radius 1 is 1.50 bits per heavy atom. The van der Waals surface area contributed by atoms with Gasteiger partial charge in [-0.25, -0.2) is 9.18 Å². The van der Waals surface area contributed by atoms with Gasteiger partial charge in [0, 0.05) is 12.0 Å². The van der Waals surface area contributed by atoms with Gasteiger partial charge in [0.15, 0.2) is 0 Å². The first-order valence-corrected chi connectivity index (χ1v) is 5.69. The lowest BCUT2D eigenvalue weighted by molar-refractivity contribution is -0.153. The summed E-state index contributed by atoms with van der Waals surface area (Å²) in [7, 11) is 0. The molecule has 0 spiro atoms. The van der Waals surface area contributed by atoms with Gasteiger partial charge in [-0.1, -0.05) is 36.9 Å². The molecule has 0 N–H and O–H groups in total. The van der Waals surface area contributed by atoms with E-state index < -0.39 is 17.4 Å². The van der Waals surface area contributed by atoms with Crippen molar-refractivity contribution in [2.75, 3.05) is 6.61 Å². The SMILES string of the molecule is C=CCOC(=O)C1(F)CCc2ccccc2C1=O. The first-order valence-electron chi connectivity index (χ1n) is 5.69. The number of carbonyl (C=O) groups is 2. The number of carbonyl (C=O) groups excluding carboxylic acids is 2. The molecule has 0 heterocycles. The molecule has 0 saturated heterocycles. The molecule has 0 radical (unpaired) electrons. The molecule has 3 nitrogen and oxygen atoms in total. The summed E-state index contributed by atoms with van der Waals surface area (Å²) < 4.78 is 19.2. The molecule has 1 atom stereocenters. The standard InChI is InChI=1S/C14H13FO3/c1-2-9-18-13(17)14(15)8-7-10-5-3-4-6-11(10)12(14)16/h2-6H,1,7-9H2. The summed E-state index contributed by atoms with van der Waals surface area (Å²) in [6.07, 6.45) is 1.52. The molecular weight excluding hydrogens is 235 g/mol. The molecule has 0 saturated carbocycles. The average Bonchev–Trinajstić information content (AvgIpc) is 2.40. The van der Waals surface area contributed by atoms with Crippen LogP contribution < -0.4 is 0 Å². The maximum atomic E-state index is 14.5. The molecule has 1 aromatic rings. The number of benzene rings is 1. The predicted molar refractivity (Wildman–Crippen MR) is 64.1 cm³/mol. The second-order valence-electron chi connectivity index (χ2n) is 4.17. The van der Waals surface area contributed by atoms with E-state index in [9.17, 15) is 14.0 Å². The third-order valence-electron chi connectivity index (χ3n) is 3.02. The van der Waals surface area contributed by atoms with Gasteiger partial charge in [0.1, 0.15) is 6.61 Å². The number of rotatable bonds is 3. The van der Waals surface area contributed by atoms with Crippen LogP contribution in [0.25, 0.3) is 0 Å². The number of fused-ring (bicyclic) bond motifs is 1. The highest BCUT2D eigenvalue weighted by Crippen LogP contribution is 2.32. The zero-order valence-corrected chi connectivity index (χ0v) is 9.82. The summed E-state index contributed by atoms with van der Waals surface area (Å²) in [6, 6.07) is 6.73. The minimum Gasteiger partial charge on any atom is -0.459 e. The molecule has 0 fully saturated rings. The Hall–Kier alpha value is -1.97. The van der Waals surface area contributed by atoms with Gasteiger partial charge < -0.3 is 4.74 Å². The second kappa shape index (κ2) is 4.72. The van der Waals surface area contributed by atoms with E-state index in [1.807, 2.05) is 0 Å². The molecule has 4 heteroatoms. The summed E-state index contributed by atoms with van der Waals surface area (Å²) >= 11 is 0. The van der Waals surface area contributed by atoms with Gasteiger partial charge in [0.2, 0.25) is 5.78 Å². The zero-order chi connectivity index (χ0) is 13.2. The fourth-order valence-corrected chi connectivity index (χ4v) is 2.04. The first kappa shape index (κ1) is 12.5. The second-order valence-corrected chi connectivity index (χ2v) is 4.17. The largest absolute Gasteiger partial charge is 0.459 e. The number of hydrogen-bond donors (Lipinski definition) is 0. The van der Waals surface area contributed by atoms with E-state index in [1.165, 1.54) is 12.1 Å². The quantitative estimate of drug-likeness (QED) is 0.468. The highest BCUT2D eigenvalue weighted by molar-refractivity contribution is 6.16. The Bertz CT molecular complexity index is 510. The van der Waals surface area contributed by atoms with Gasteiger partial charge in [0.05, 0.1) is 0 Å². The highest BCUT2D eigenvalue weighted by Gasteiger charge is 2.50. The molecule has 1 aliphatic rings. The van der Waals surface area contributed by atoms with E-state index in [4.69, 9.17) is 0 Å². The molecule has 18 heavy (non-hydrogen) atoms. The molecule has 0 aliphatic heterocycles. The monoisotopic (exact) mass is 248 g/mol. The lowest BCUT2D eigenvalue weighted by atomic mass is 9.80. The normalized spacial score (nSPS) is 22.2. The van der Waals surface area contributed by atoms with Crippen LogP contribution in [0, 0.1) is 0 Å². The van der Waals surface area contributed by atoms with Crippen molar-refractivity contribution in [2.24, 2.45) is 0 Å². The van der Waals surface area contributed by atoms with Crippen molar-refractivity contribution < 1.29 is 18.7 Å². The first-order chi connectivity index (χ1) is 8.59. The van der Waals surface area contributed by atoms with Gasteiger partial charge in [-0.05, 0) is 12.0 Å². The average molecular weight is 248 g/mol. The van der Waals surface area contributed by atoms with Crippen LogP contribution in [0.1, 0.15) is 22.3 Å². The molecule has 2 rings (SSSR count). The summed E-state index contributed by atoms with van der Waals surface area (Å²) in [5.74, 6) is -1.93. The fraction of sp³-hybridized carbons (Fsp3) is 0.286. The van der Waals surface area contributed by atoms with Crippen molar-refractivity contribution in [2.45, 2.75) is 18.5 Å². The Morgan fingerprint density at radius 2 is 2.22 bits per heavy atom. The fourth-order valence-electron chi connectivity index (χ4n) is 2.04. The lowest BCUT2D eigenvalue weighted by Crippen LogP contribution is -2.46. The minimum atomic E-state index is -2.56. The van der Waals surface area contributed by atoms with Crippen LogP contribution >= 0.6 is 0 Å². The van der Waals surface area contributed by atoms with Crippen molar-refractivity contribution in [1.29, 1.82) is 0 Å². The lowest BCUT2D eigenvalue weighted by Gasteiger charge is -2.27. The zero-order valence-electron chi connectivity index (χ0n) is 9.82. The van der Waals surface area contributed by atoms with E-state index in [-0.39, 0.29) is 18.6 Å².